The highest BCUT2D eigenvalue weighted by atomic mass is 32.1. The minimum atomic E-state index is -0.642. The first kappa shape index (κ1) is 19.1. The summed E-state index contributed by atoms with van der Waals surface area (Å²) in [6.07, 6.45) is 4.30. The van der Waals surface area contributed by atoms with Crippen LogP contribution in [0.3, 0.4) is 0 Å². The molecule has 4 rings (SSSR count). The van der Waals surface area contributed by atoms with Crippen LogP contribution in [0.25, 0.3) is 10.1 Å². The van der Waals surface area contributed by atoms with Gasteiger partial charge >= 0.3 is 0 Å². The number of rotatable bonds is 0. The van der Waals surface area contributed by atoms with Gasteiger partial charge in [0.15, 0.2) is 0 Å². The highest BCUT2D eigenvalue weighted by Crippen LogP contribution is 2.30. The number of benzene rings is 1. The van der Waals surface area contributed by atoms with Gasteiger partial charge in [-0.25, -0.2) is 4.98 Å². The van der Waals surface area contributed by atoms with Gasteiger partial charge < -0.3 is 14.6 Å². The van der Waals surface area contributed by atoms with Crippen molar-refractivity contribution in [2.75, 3.05) is 14.1 Å². The maximum atomic E-state index is 10.1. The Morgan fingerprint density at radius 1 is 1.32 bits per heavy atom. The van der Waals surface area contributed by atoms with Gasteiger partial charge in [-0.1, -0.05) is 18.2 Å². The van der Waals surface area contributed by atoms with Crippen LogP contribution in [0.2, 0.25) is 0 Å². The second-order valence-electron chi connectivity index (χ2n) is 6.37. The normalized spacial score (nSPS) is 17.8. The highest BCUT2D eigenvalue weighted by Gasteiger charge is 2.32. The van der Waals surface area contributed by atoms with Crippen molar-refractivity contribution >= 4 is 27.3 Å². The number of hydrogen-bond acceptors (Lipinski definition) is 4. The predicted molar refractivity (Wildman–Crippen MR) is 103 cm³/mol. The van der Waals surface area contributed by atoms with E-state index in [9.17, 15) is 9.90 Å². The number of thiophene rings is 1. The lowest BCUT2D eigenvalue weighted by Crippen LogP contribution is -2.17. The number of aromatic nitrogens is 2. The van der Waals surface area contributed by atoms with Crippen LogP contribution < -0.4 is 0 Å². The summed E-state index contributed by atoms with van der Waals surface area (Å²) in [4.78, 5) is 15.5. The first-order chi connectivity index (χ1) is 11.8. The second kappa shape index (κ2) is 8.27. The third kappa shape index (κ3) is 5.14. The van der Waals surface area contributed by atoms with Crippen molar-refractivity contribution in [2.45, 2.75) is 32.4 Å². The first-order valence-electron chi connectivity index (χ1n) is 8.14. The molecule has 6 heteroatoms. The monoisotopic (exact) mass is 359 g/mol. The molecular formula is C19H25N3O2S. The van der Waals surface area contributed by atoms with Gasteiger partial charge in [0.2, 0.25) is 5.91 Å². The highest BCUT2D eigenvalue weighted by molar-refractivity contribution is 7.17. The number of hydrogen-bond donors (Lipinski definition) is 1. The summed E-state index contributed by atoms with van der Waals surface area (Å²) in [5.41, 5.74) is 0.295. The lowest BCUT2D eigenvalue weighted by molar-refractivity contribution is -0.126. The summed E-state index contributed by atoms with van der Waals surface area (Å²) in [7, 11) is 3.45. The molecule has 0 aliphatic carbocycles. The van der Waals surface area contributed by atoms with E-state index in [2.05, 4.69) is 40.7 Å². The number of aliphatic hydroxyl groups is 1. The van der Waals surface area contributed by atoms with Crippen LogP contribution in [-0.2, 0) is 16.9 Å². The zero-order valence-corrected chi connectivity index (χ0v) is 16.0. The molecule has 25 heavy (non-hydrogen) atoms. The Hall–Kier alpha value is -2.18. The number of nitrogens with zero attached hydrogens (tertiary/aromatic N) is 3. The fourth-order valence-corrected chi connectivity index (χ4v) is 3.11. The summed E-state index contributed by atoms with van der Waals surface area (Å²) in [5, 5.41) is 13.1. The fourth-order valence-electron chi connectivity index (χ4n) is 2.32. The minimum absolute atomic E-state index is 0.0926. The molecule has 1 aliphatic heterocycles. The van der Waals surface area contributed by atoms with Gasteiger partial charge in [-0.3, -0.25) is 4.79 Å². The van der Waals surface area contributed by atoms with Gasteiger partial charge in [-0.2, -0.15) is 0 Å². The third-order valence-corrected chi connectivity index (χ3v) is 4.99. The zero-order chi connectivity index (χ0) is 18.4. The molecule has 3 aromatic rings. The van der Waals surface area contributed by atoms with E-state index in [-0.39, 0.29) is 5.91 Å². The van der Waals surface area contributed by atoms with Crippen LogP contribution in [0.15, 0.2) is 48.2 Å². The van der Waals surface area contributed by atoms with Gasteiger partial charge in [-0.05, 0) is 36.2 Å². The lowest BCUT2D eigenvalue weighted by Gasteiger charge is -2.13. The maximum absolute atomic E-state index is 10.1. The molecule has 0 radical (unpaired) electrons. The predicted octanol–water partition coefficient (Wildman–Crippen LogP) is 3.49. The molecule has 134 valence electrons. The Morgan fingerprint density at radius 2 is 2.00 bits per heavy atom. The summed E-state index contributed by atoms with van der Waals surface area (Å²) >= 11 is 1.79. The van der Waals surface area contributed by atoms with E-state index in [0.717, 1.165) is 18.7 Å². The standard InChI is InChI=1S/C8H6S.C7H10N2O.C4H9NO/c1-2-4-8-7(3-1)5-6-9-8;1-7(10)2-3-9-5-8-4-6(7)9;1-4(6)5(2)3/h1-6H;4-5,10H,2-3H2,1H3;1-3H3. The summed E-state index contributed by atoms with van der Waals surface area (Å²) in [6, 6.07) is 10.5. The van der Waals surface area contributed by atoms with Gasteiger partial charge in [0.25, 0.3) is 0 Å². The number of carbonyl (C=O) groups excluding carboxylic acids is 1. The van der Waals surface area contributed by atoms with Crippen LogP contribution >= 0.6 is 11.3 Å². The first-order valence-corrected chi connectivity index (χ1v) is 9.02. The topological polar surface area (TPSA) is 58.4 Å². The largest absolute Gasteiger partial charge is 0.384 e. The van der Waals surface area contributed by atoms with E-state index in [1.54, 1.807) is 38.0 Å². The summed E-state index contributed by atoms with van der Waals surface area (Å²) in [5.74, 6) is 0.0926. The van der Waals surface area contributed by atoms with Crippen LogP contribution in [0, 0.1) is 0 Å². The van der Waals surface area contributed by atoms with Gasteiger partial charge in [-0.15, -0.1) is 11.3 Å². The van der Waals surface area contributed by atoms with Crippen molar-refractivity contribution in [3.63, 3.8) is 0 Å². The molecular weight excluding hydrogens is 334 g/mol. The molecule has 0 fully saturated rings. The molecule has 1 atom stereocenters. The molecule has 2 aromatic heterocycles. The Kier molecular flexibility index (Phi) is 6.33. The quantitative estimate of drug-likeness (QED) is 0.668. The van der Waals surface area contributed by atoms with Crippen molar-refractivity contribution in [3.8, 4) is 0 Å². The molecule has 0 bridgehead atoms. The van der Waals surface area contributed by atoms with Gasteiger partial charge in [0.1, 0.15) is 5.60 Å². The molecule has 1 aromatic carbocycles. The van der Waals surface area contributed by atoms with E-state index in [1.807, 2.05) is 11.5 Å². The van der Waals surface area contributed by atoms with Crippen LogP contribution in [-0.4, -0.2) is 39.6 Å². The zero-order valence-electron chi connectivity index (χ0n) is 15.1. The molecule has 0 saturated carbocycles. The second-order valence-corrected chi connectivity index (χ2v) is 7.32. The van der Waals surface area contributed by atoms with E-state index in [1.165, 1.54) is 21.9 Å². The van der Waals surface area contributed by atoms with Gasteiger partial charge in [0, 0.05) is 32.3 Å². The average molecular weight is 359 g/mol. The molecule has 1 amide bonds. The number of amides is 1. The van der Waals surface area contributed by atoms with Gasteiger partial charge in [0.05, 0.1) is 18.2 Å². The molecule has 0 saturated heterocycles. The van der Waals surface area contributed by atoms with E-state index >= 15 is 0 Å². The van der Waals surface area contributed by atoms with E-state index in [4.69, 9.17) is 0 Å². The minimum Gasteiger partial charge on any atom is -0.384 e. The SMILES string of the molecule is CC(=O)N(C)C.CC1(O)CCn2cncc21.c1ccc2sccc2c1. The molecule has 1 aliphatic rings. The number of aryl methyl sites for hydroxylation is 1. The smallest absolute Gasteiger partial charge is 0.218 e. The van der Waals surface area contributed by atoms with E-state index in [0.29, 0.717) is 0 Å². The van der Waals surface area contributed by atoms with E-state index < -0.39 is 5.60 Å². The summed E-state index contributed by atoms with van der Waals surface area (Å²) in [6.45, 7) is 4.25. The molecule has 5 nitrogen and oxygen atoms in total. The lowest BCUT2D eigenvalue weighted by atomic mass is 10.0. The Bertz CT molecular complexity index is 791. The maximum Gasteiger partial charge on any atom is 0.218 e. The van der Waals surface area contributed by atoms with Crippen molar-refractivity contribution < 1.29 is 9.90 Å². The van der Waals surface area contributed by atoms with Crippen LogP contribution in [0.4, 0.5) is 0 Å². The molecule has 1 unspecified atom stereocenters. The van der Waals surface area contributed by atoms with Crippen molar-refractivity contribution in [1.29, 1.82) is 0 Å². The average Bonchev–Trinajstić information content (AvgIpc) is 3.27. The van der Waals surface area contributed by atoms with Crippen LogP contribution in [0.1, 0.15) is 26.0 Å². The Morgan fingerprint density at radius 3 is 2.60 bits per heavy atom. The molecule has 3 heterocycles. The van der Waals surface area contributed by atoms with Crippen molar-refractivity contribution in [2.24, 2.45) is 0 Å². The molecule has 1 N–H and O–H groups in total. The van der Waals surface area contributed by atoms with Crippen molar-refractivity contribution in [3.05, 3.63) is 53.9 Å². The molecule has 0 spiro atoms. The summed E-state index contributed by atoms with van der Waals surface area (Å²) < 4.78 is 3.36. The fraction of sp³-hybridized carbons (Fsp3) is 0.368. The number of imidazole rings is 1. The third-order valence-electron chi connectivity index (χ3n) is 4.10. The Labute approximate surface area is 152 Å². The number of carbonyl (C=O) groups is 1. The number of fused-ring (bicyclic) bond motifs is 2. The van der Waals surface area contributed by atoms with Crippen molar-refractivity contribution in [1.82, 2.24) is 14.5 Å². The Balaban J connectivity index is 0.000000141. The van der Waals surface area contributed by atoms with Crippen LogP contribution in [0.5, 0.6) is 0 Å².